The molecular weight excluding hydrogens is 390 g/mol. The molecule has 0 saturated carbocycles. The molecule has 0 bridgehead atoms. The highest BCUT2D eigenvalue weighted by molar-refractivity contribution is 6.24. The quantitative estimate of drug-likeness (QED) is 0.382. The minimum absolute atomic E-state index is 0.00337. The van der Waals surface area contributed by atoms with Crippen LogP contribution in [0.5, 0.6) is 0 Å². The van der Waals surface area contributed by atoms with Crippen molar-refractivity contribution in [1.82, 2.24) is 5.43 Å². The first kappa shape index (κ1) is 18.8. The molecule has 0 aliphatic carbocycles. The van der Waals surface area contributed by atoms with Crippen molar-refractivity contribution in [3.8, 4) is 0 Å². The van der Waals surface area contributed by atoms with Gasteiger partial charge in [0.1, 0.15) is 11.5 Å². The minimum Gasteiger partial charge on any atom is -0.463 e. The van der Waals surface area contributed by atoms with Crippen LogP contribution >= 0.6 is 0 Å². The second-order valence-electron chi connectivity index (χ2n) is 7.38. The number of hydrazone groups is 1. The molecule has 2 amide bonds. The lowest BCUT2D eigenvalue weighted by Gasteiger charge is -2.18. The van der Waals surface area contributed by atoms with E-state index < -0.39 is 0 Å². The van der Waals surface area contributed by atoms with Gasteiger partial charge in [-0.1, -0.05) is 36.4 Å². The van der Waals surface area contributed by atoms with E-state index in [1.165, 1.54) is 0 Å². The van der Waals surface area contributed by atoms with Crippen LogP contribution in [0.2, 0.25) is 0 Å². The summed E-state index contributed by atoms with van der Waals surface area (Å²) in [7, 11) is 0. The number of nitrogens with one attached hydrogen (secondary N) is 1. The summed E-state index contributed by atoms with van der Waals surface area (Å²) in [5.74, 6) is 0.283. The fraction of sp³-hybridized carbons (Fsp3) is 0.0800. The fourth-order valence-corrected chi connectivity index (χ4v) is 3.82. The van der Waals surface area contributed by atoms with E-state index in [4.69, 9.17) is 4.42 Å². The average molecular weight is 409 g/mol. The van der Waals surface area contributed by atoms with Crippen molar-refractivity contribution in [3.63, 3.8) is 0 Å². The number of hydrogen-bond acceptors (Lipinski definition) is 4. The van der Waals surface area contributed by atoms with Crippen LogP contribution in [0, 0.1) is 0 Å². The number of carbonyl (C=O) groups is 2. The Kier molecular flexibility index (Phi) is 4.59. The van der Waals surface area contributed by atoms with Crippen LogP contribution in [0.15, 0.2) is 88.6 Å². The first-order valence-corrected chi connectivity index (χ1v) is 9.93. The number of hydrogen-bond donors (Lipinski definition) is 1. The van der Waals surface area contributed by atoms with Crippen molar-refractivity contribution >= 4 is 34.0 Å². The van der Waals surface area contributed by atoms with E-state index in [2.05, 4.69) is 10.5 Å². The van der Waals surface area contributed by atoms with Crippen LogP contribution < -0.4 is 10.3 Å². The number of nitrogens with zero attached hydrogens (tertiary/aromatic N) is 2. The summed E-state index contributed by atoms with van der Waals surface area (Å²) in [5, 5.41) is 6.13. The molecule has 1 N–H and O–H groups in total. The molecule has 1 aromatic heterocycles. The van der Waals surface area contributed by atoms with Gasteiger partial charge in [0.25, 0.3) is 11.8 Å². The van der Waals surface area contributed by atoms with Crippen LogP contribution in [-0.4, -0.2) is 17.5 Å². The van der Waals surface area contributed by atoms with E-state index in [1.807, 2.05) is 48.5 Å². The van der Waals surface area contributed by atoms with Crippen LogP contribution in [0.1, 0.15) is 39.0 Å². The number of benzene rings is 3. The summed E-state index contributed by atoms with van der Waals surface area (Å²) in [4.78, 5) is 27.1. The lowest BCUT2D eigenvalue weighted by molar-refractivity contribution is 0.0953. The summed E-state index contributed by atoms with van der Waals surface area (Å²) in [6.07, 6.45) is 1.55. The number of carbonyl (C=O) groups excluding carboxylic acids is 2. The summed E-state index contributed by atoms with van der Waals surface area (Å²) in [6, 6.07) is 22.5. The fourth-order valence-electron chi connectivity index (χ4n) is 3.82. The van der Waals surface area contributed by atoms with E-state index >= 15 is 0 Å². The first-order chi connectivity index (χ1) is 15.1. The smallest absolute Gasteiger partial charge is 0.271 e. The molecule has 6 heteroatoms. The van der Waals surface area contributed by atoms with Gasteiger partial charge in [-0.25, -0.2) is 5.43 Å². The molecule has 4 aromatic rings. The Balaban J connectivity index is 1.31. The van der Waals surface area contributed by atoms with Crippen molar-refractivity contribution < 1.29 is 14.0 Å². The molecule has 0 spiro atoms. The van der Waals surface area contributed by atoms with Crippen LogP contribution in [0.25, 0.3) is 10.8 Å². The first-order valence-electron chi connectivity index (χ1n) is 9.93. The highest BCUT2D eigenvalue weighted by Crippen LogP contribution is 2.37. The third kappa shape index (κ3) is 3.38. The van der Waals surface area contributed by atoms with Gasteiger partial charge >= 0.3 is 0 Å². The van der Waals surface area contributed by atoms with E-state index in [1.54, 1.807) is 42.4 Å². The van der Waals surface area contributed by atoms with Gasteiger partial charge in [0.05, 0.1) is 18.5 Å². The molecule has 6 nitrogen and oxygen atoms in total. The second-order valence-corrected chi connectivity index (χ2v) is 7.38. The van der Waals surface area contributed by atoms with Crippen molar-refractivity contribution in [3.05, 3.63) is 102 Å². The molecule has 1 aliphatic heterocycles. The lowest BCUT2D eigenvalue weighted by Crippen LogP contribution is -2.26. The number of amides is 2. The largest absolute Gasteiger partial charge is 0.463 e. The normalized spacial score (nSPS) is 13.1. The molecule has 5 rings (SSSR count). The minimum atomic E-state index is -0.313. The molecule has 2 heterocycles. The Labute approximate surface area is 178 Å². The molecular formula is C25H19N3O3. The van der Waals surface area contributed by atoms with Crippen molar-refractivity contribution in [2.75, 3.05) is 4.90 Å². The van der Waals surface area contributed by atoms with Gasteiger partial charge in [-0.2, -0.15) is 5.10 Å². The maximum absolute atomic E-state index is 12.9. The van der Waals surface area contributed by atoms with Gasteiger partial charge < -0.3 is 9.32 Å². The van der Waals surface area contributed by atoms with Crippen LogP contribution in [0.4, 0.5) is 5.69 Å². The van der Waals surface area contributed by atoms with E-state index in [-0.39, 0.29) is 11.8 Å². The van der Waals surface area contributed by atoms with Gasteiger partial charge in [0.2, 0.25) is 0 Å². The topological polar surface area (TPSA) is 74.9 Å². The third-order valence-electron chi connectivity index (χ3n) is 5.41. The molecule has 31 heavy (non-hydrogen) atoms. The zero-order valence-corrected chi connectivity index (χ0v) is 16.8. The Hall–Kier alpha value is -4.19. The number of anilines is 1. The highest BCUT2D eigenvalue weighted by Gasteiger charge is 2.29. The molecule has 0 fully saturated rings. The summed E-state index contributed by atoms with van der Waals surface area (Å²) in [6.45, 7) is 2.19. The zero-order valence-electron chi connectivity index (χ0n) is 16.8. The summed E-state index contributed by atoms with van der Waals surface area (Å²) in [5.41, 5.74) is 6.19. The Morgan fingerprint density at radius 1 is 1.00 bits per heavy atom. The zero-order chi connectivity index (χ0) is 21.4. The summed E-state index contributed by atoms with van der Waals surface area (Å²) >= 11 is 0. The average Bonchev–Trinajstić information content (AvgIpc) is 3.43. The number of rotatable bonds is 5. The van der Waals surface area contributed by atoms with Gasteiger partial charge in [0, 0.05) is 16.5 Å². The Morgan fingerprint density at radius 3 is 2.52 bits per heavy atom. The third-order valence-corrected chi connectivity index (χ3v) is 5.41. The van der Waals surface area contributed by atoms with Crippen molar-refractivity contribution in [2.45, 2.75) is 13.5 Å². The van der Waals surface area contributed by atoms with Crippen molar-refractivity contribution in [2.24, 2.45) is 5.10 Å². The molecule has 0 saturated heterocycles. The van der Waals surface area contributed by atoms with Crippen LogP contribution in [0.3, 0.4) is 0 Å². The van der Waals surface area contributed by atoms with Gasteiger partial charge in [-0.05, 0) is 54.3 Å². The predicted molar refractivity (Wildman–Crippen MR) is 119 cm³/mol. The SMILES string of the molecule is CC(=NNC(=O)c1ccc(CN2C(=O)c3cccc4cccc2c34)cc1)c1ccco1. The molecule has 1 aliphatic rings. The van der Waals surface area contributed by atoms with Gasteiger partial charge in [-0.3, -0.25) is 9.59 Å². The molecule has 0 unspecified atom stereocenters. The predicted octanol–water partition coefficient (Wildman–Crippen LogP) is 4.75. The van der Waals surface area contributed by atoms with E-state index in [9.17, 15) is 9.59 Å². The molecule has 3 aromatic carbocycles. The Morgan fingerprint density at radius 2 is 1.77 bits per heavy atom. The molecule has 0 radical (unpaired) electrons. The second kappa shape index (κ2) is 7.57. The Bertz CT molecular complexity index is 1320. The highest BCUT2D eigenvalue weighted by atomic mass is 16.3. The van der Waals surface area contributed by atoms with Gasteiger partial charge in [-0.15, -0.1) is 0 Å². The van der Waals surface area contributed by atoms with Crippen LogP contribution in [-0.2, 0) is 6.54 Å². The number of furan rings is 1. The van der Waals surface area contributed by atoms with E-state index in [0.717, 1.165) is 27.6 Å². The maximum atomic E-state index is 12.9. The van der Waals surface area contributed by atoms with Crippen molar-refractivity contribution in [1.29, 1.82) is 0 Å². The molecule has 0 atom stereocenters. The summed E-state index contributed by atoms with van der Waals surface area (Å²) < 4.78 is 5.25. The van der Waals surface area contributed by atoms with Gasteiger partial charge in [0.15, 0.2) is 0 Å². The monoisotopic (exact) mass is 409 g/mol. The standard InChI is InChI=1S/C25H19N3O3/c1-16(22-9-4-14-31-22)26-27-24(29)19-12-10-17(11-13-19)15-28-21-8-3-6-18-5-2-7-20(23(18)21)25(28)30/h2-14H,15H2,1H3,(H,27,29). The van der Waals surface area contributed by atoms with E-state index in [0.29, 0.717) is 23.6 Å². The lowest BCUT2D eigenvalue weighted by atomic mass is 10.1. The maximum Gasteiger partial charge on any atom is 0.271 e. The molecule has 152 valence electrons.